The van der Waals surface area contributed by atoms with Crippen molar-refractivity contribution in [1.29, 1.82) is 0 Å². The fourth-order valence-corrected chi connectivity index (χ4v) is 8.05. The quantitative estimate of drug-likeness (QED) is 0.168. The van der Waals surface area contributed by atoms with Gasteiger partial charge in [-0.3, -0.25) is 19.1 Å². The largest absolute Gasteiger partial charge is 0.494 e. The number of para-hydroxylation sites is 1. The highest BCUT2D eigenvalue weighted by Gasteiger charge is 2.40. The van der Waals surface area contributed by atoms with Gasteiger partial charge in [-0.1, -0.05) is 90.5 Å². The molecule has 0 fully saturated rings. The third kappa shape index (κ3) is 5.82. The van der Waals surface area contributed by atoms with Crippen LogP contribution in [0.2, 0.25) is 0 Å². The van der Waals surface area contributed by atoms with Crippen molar-refractivity contribution < 1.29 is 9.90 Å². The number of aromatic nitrogens is 3. The summed E-state index contributed by atoms with van der Waals surface area (Å²) in [7, 11) is 3.50. The first kappa shape index (κ1) is 34.6. The van der Waals surface area contributed by atoms with Gasteiger partial charge in [-0.2, -0.15) is 0 Å². The highest BCUT2D eigenvalue weighted by atomic mass is 16.3. The second-order valence-corrected chi connectivity index (χ2v) is 14.2. The summed E-state index contributed by atoms with van der Waals surface area (Å²) >= 11 is 0. The first-order chi connectivity index (χ1) is 26.1. The predicted octanol–water partition coefficient (Wildman–Crippen LogP) is 7.23. The fourth-order valence-electron chi connectivity index (χ4n) is 8.05. The summed E-state index contributed by atoms with van der Waals surface area (Å²) < 4.78 is 4.32. The molecule has 0 bridgehead atoms. The second-order valence-electron chi connectivity index (χ2n) is 14.2. The first-order valence-corrected chi connectivity index (χ1v) is 18.2. The molecule has 2 aromatic heterocycles. The number of aryl methyl sites for hydroxylation is 2. The zero-order chi connectivity index (χ0) is 37.7. The Kier molecular flexibility index (Phi) is 8.85. The normalized spacial score (nSPS) is 16.0. The summed E-state index contributed by atoms with van der Waals surface area (Å²) in [5.74, 6) is -0.791. The number of aromatic hydroxyl groups is 1. The molecule has 1 aliphatic rings. The molecule has 0 saturated heterocycles. The number of benzene rings is 5. The van der Waals surface area contributed by atoms with E-state index in [-0.39, 0.29) is 23.9 Å². The Bertz CT molecular complexity index is 2720. The van der Waals surface area contributed by atoms with Crippen LogP contribution in [0.5, 0.6) is 5.88 Å². The number of carbonyl (C=O) groups is 1. The Balaban J connectivity index is 1.28. The lowest BCUT2D eigenvalue weighted by Crippen LogP contribution is -2.44. The van der Waals surface area contributed by atoms with Crippen molar-refractivity contribution in [2.75, 3.05) is 13.1 Å². The number of nitrogens with zero attached hydrogens (tertiary/aromatic N) is 5. The maximum absolute atomic E-state index is 14.5. The average Bonchev–Trinajstić information content (AvgIpc) is 3.48. The maximum atomic E-state index is 14.5. The standard InChI is InChI=1S/C45H41N5O4/c1-28-18-21-32(22-19-28)50-44(53)40(43(52)48(4)45(50)54)29(2)46-27-37-33-14-8-9-16-35(33)42(51)49(25-24-30-12-6-5-7-13-30)41(37)31-20-23-39-36(26-31)34-15-10-11-17-38(34)47(39)3/h5-23,26,37,41,52H,24-25,27H2,1-4H3/t37-,41+/m1/s1. The van der Waals surface area contributed by atoms with E-state index in [2.05, 4.69) is 54.1 Å². The van der Waals surface area contributed by atoms with Crippen LogP contribution in [0.4, 0.5) is 0 Å². The third-order valence-corrected chi connectivity index (χ3v) is 10.9. The van der Waals surface area contributed by atoms with Crippen molar-refractivity contribution in [2.45, 2.75) is 32.2 Å². The SMILES string of the molecule is CC(=NC[C@@H]1c2ccccc2C(=O)N(CCc2ccccc2)[C@H]1c1ccc2c(c1)c1ccccc1n2C)c1c(O)n(C)c(=O)n(-c2ccc(C)cc2)c1=O. The number of hydrogen-bond acceptors (Lipinski definition) is 5. The molecule has 7 aromatic rings. The minimum atomic E-state index is -0.657. The van der Waals surface area contributed by atoms with E-state index in [0.717, 1.165) is 53.2 Å². The van der Waals surface area contributed by atoms with Crippen LogP contribution in [-0.4, -0.2) is 48.4 Å². The van der Waals surface area contributed by atoms with Gasteiger partial charge in [0, 0.05) is 66.2 Å². The van der Waals surface area contributed by atoms with Crippen LogP contribution in [0.3, 0.4) is 0 Å². The van der Waals surface area contributed by atoms with Crippen LogP contribution in [0, 0.1) is 6.92 Å². The van der Waals surface area contributed by atoms with Crippen molar-refractivity contribution >= 4 is 33.4 Å². The van der Waals surface area contributed by atoms with Crippen molar-refractivity contribution in [3.05, 3.63) is 176 Å². The molecule has 270 valence electrons. The maximum Gasteiger partial charge on any atom is 0.338 e. The molecule has 1 aliphatic heterocycles. The van der Waals surface area contributed by atoms with Gasteiger partial charge in [0.05, 0.1) is 11.7 Å². The molecule has 1 amide bonds. The van der Waals surface area contributed by atoms with E-state index in [4.69, 9.17) is 4.99 Å². The monoisotopic (exact) mass is 715 g/mol. The van der Waals surface area contributed by atoms with Gasteiger partial charge in [-0.15, -0.1) is 0 Å². The van der Waals surface area contributed by atoms with Crippen molar-refractivity contribution in [3.8, 4) is 11.6 Å². The lowest BCUT2D eigenvalue weighted by Gasteiger charge is -2.42. The molecule has 0 unspecified atom stereocenters. The van der Waals surface area contributed by atoms with E-state index >= 15 is 0 Å². The van der Waals surface area contributed by atoms with Crippen molar-refractivity contribution in [1.82, 2.24) is 18.6 Å². The van der Waals surface area contributed by atoms with E-state index in [9.17, 15) is 19.5 Å². The van der Waals surface area contributed by atoms with Crippen LogP contribution in [-0.2, 0) is 20.5 Å². The molecule has 54 heavy (non-hydrogen) atoms. The Labute approximate surface area is 312 Å². The number of aliphatic imine (C=N–C) groups is 1. The summed E-state index contributed by atoms with van der Waals surface area (Å²) in [5.41, 5.74) is 6.16. The van der Waals surface area contributed by atoms with Gasteiger partial charge in [0.15, 0.2) is 0 Å². The lowest BCUT2D eigenvalue weighted by atomic mass is 9.79. The Morgan fingerprint density at radius 1 is 0.759 bits per heavy atom. The van der Waals surface area contributed by atoms with Gasteiger partial charge in [0.25, 0.3) is 11.5 Å². The number of hydrogen-bond donors (Lipinski definition) is 1. The molecule has 0 saturated carbocycles. The second kappa shape index (κ2) is 13.8. The lowest BCUT2D eigenvalue weighted by molar-refractivity contribution is 0.0614. The van der Waals surface area contributed by atoms with Gasteiger partial charge in [-0.05, 0) is 73.4 Å². The summed E-state index contributed by atoms with van der Waals surface area (Å²) in [4.78, 5) is 48.9. The molecular formula is C45H41N5O4. The molecule has 5 aromatic carbocycles. The van der Waals surface area contributed by atoms with Crippen molar-refractivity contribution in [3.63, 3.8) is 0 Å². The van der Waals surface area contributed by atoms with Crippen molar-refractivity contribution in [2.24, 2.45) is 19.1 Å². The average molecular weight is 716 g/mol. The van der Waals surface area contributed by atoms with Crippen LogP contribution in [0.15, 0.2) is 136 Å². The Morgan fingerprint density at radius 3 is 2.22 bits per heavy atom. The third-order valence-electron chi connectivity index (χ3n) is 10.9. The van der Waals surface area contributed by atoms with Crippen LogP contribution in [0.1, 0.15) is 57.1 Å². The minimum absolute atomic E-state index is 0.0433. The van der Waals surface area contributed by atoms with Gasteiger partial charge >= 0.3 is 5.69 Å². The van der Waals surface area contributed by atoms with Gasteiger partial charge in [0.2, 0.25) is 5.88 Å². The number of carbonyl (C=O) groups excluding carboxylic acids is 1. The topological polar surface area (TPSA) is 102 Å². The van der Waals surface area contributed by atoms with E-state index in [1.165, 1.54) is 7.05 Å². The first-order valence-electron chi connectivity index (χ1n) is 18.2. The molecule has 0 spiro atoms. The Morgan fingerprint density at radius 2 is 1.44 bits per heavy atom. The highest BCUT2D eigenvalue weighted by Crippen LogP contribution is 2.44. The molecule has 0 radical (unpaired) electrons. The van der Waals surface area contributed by atoms with E-state index < -0.39 is 23.2 Å². The van der Waals surface area contributed by atoms with E-state index in [1.54, 1.807) is 19.1 Å². The summed E-state index contributed by atoms with van der Waals surface area (Å²) in [6.07, 6.45) is 0.668. The molecule has 2 atom stereocenters. The number of amides is 1. The summed E-state index contributed by atoms with van der Waals surface area (Å²) in [5, 5.41) is 13.5. The molecule has 1 N–H and O–H groups in total. The molecular weight excluding hydrogens is 675 g/mol. The smallest absolute Gasteiger partial charge is 0.338 e. The van der Waals surface area contributed by atoms with E-state index in [0.29, 0.717) is 29.9 Å². The molecule has 3 heterocycles. The highest BCUT2D eigenvalue weighted by molar-refractivity contribution is 6.08. The van der Waals surface area contributed by atoms with Crippen LogP contribution >= 0.6 is 0 Å². The fraction of sp³-hybridized carbons (Fsp3) is 0.200. The zero-order valence-corrected chi connectivity index (χ0v) is 30.7. The summed E-state index contributed by atoms with van der Waals surface area (Å²) in [6, 6.07) is 39.3. The number of rotatable bonds is 8. The minimum Gasteiger partial charge on any atom is -0.494 e. The zero-order valence-electron chi connectivity index (χ0n) is 30.7. The number of fused-ring (bicyclic) bond motifs is 4. The van der Waals surface area contributed by atoms with Crippen LogP contribution < -0.4 is 11.2 Å². The molecule has 9 heteroatoms. The Hall–Kier alpha value is -6.48. The van der Waals surface area contributed by atoms with Gasteiger partial charge in [-0.25, -0.2) is 9.36 Å². The van der Waals surface area contributed by atoms with Gasteiger partial charge in [0.1, 0.15) is 5.56 Å². The molecule has 8 rings (SSSR count). The predicted molar refractivity (Wildman–Crippen MR) is 214 cm³/mol. The molecule has 0 aliphatic carbocycles. The van der Waals surface area contributed by atoms with Crippen LogP contribution in [0.25, 0.3) is 27.5 Å². The van der Waals surface area contributed by atoms with Gasteiger partial charge < -0.3 is 14.6 Å². The van der Waals surface area contributed by atoms with E-state index in [1.807, 2.05) is 78.6 Å². The molecule has 9 nitrogen and oxygen atoms in total. The summed E-state index contributed by atoms with van der Waals surface area (Å²) in [6.45, 7) is 4.31.